The number of rotatable bonds is 15. The molecule has 12 heteroatoms. The number of para-hydroxylation sites is 6. The Balaban J connectivity index is 0.000000111. The summed E-state index contributed by atoms with van der Waals surface area (Å²) >= 11 is 5.45. The average Bonchev–Trinajstić information content (AvgIpc) is 1.59. The van der Waals surface area contributed by atoms with Crippen LogP contribution in [0.15, 0.2) is 528 Å². The summed E-state index contributed by atoms with van der Waals surface area (Å²) < 4.78 is 56.3. The van der Waals surface area contributed by atoms with Crippen LogP contribution in [-0.2, 0) is 0 Å². The maximum absolute atomic E-state index is 8.76. The van der Waals surface area contributed by atoms with Gasteiger partial charge < -0.3 is 13.7 Å². The van der Waals surface area contributed by atoms with Crippen LogP contribution in [0.3, 0.4) is 0 Å². The van der Waals surface area contributed by atoms with Crippen molar-refractivity contribution >= 4 is 160 Å². The van der Waals surface area contributed by atoms with Crippen LogP contribution >= 0.6 is 34.0 Å². The van der Waals surface area contributed by atoms with Crippen molar-refractivity contribution in [3.63, 3.8) is 0 Å². The molecular weight excluding hydrogens is 1880 g/mol. The molecule has 0 bridgehead atoms. The number of hydrogen-bond donors (Lipinski definition) is 0. The van der Waals surface area contributed by atoms with Gasteiger partial charge in [-0.25, -0.2) is 19.9 Å². The number of aromatic nitrogens is 9. The van der Waals surface area contributed by atoms with Gasteiger partial charge in [0, 0.05) is 150 Å². The lowest BCUT2D eigenvalue weighted by molar-refractivity contribution is 1.18. The molecule has 0 aliphatic rings. The van der Waals surface area contributed by atoms with Crippen LogP contribution in [0.4, 0.5) is 0 Å². The van der Waals surface area contributed by atoms with Gasteiger partial charge in [0.2, 0.25) is 0 Å². The summed E-state index contributed by atoms with van der Waals surface area (Å²) in [6, 6.07) is 169. The van der Waals surface area contributed by atoms with Crippen molar-refractivity contribution in [1.82, 2.24) is 43.6 Å². The minimum Gasteiger partial charge on any atom is -0.309 e. The van der Waals surface area contributed by atoms with Crippen molar-refractivity contribution < 1.29 is 6.85 Å². The van der Waals surface area contributed by atoms with Crippen LogP contribution < -0.4 is 0 Å². The molecule has 0 fully saturated rings. The van der Waals surface area contributed by atoms with Crippen molar-refractivity contribution in [2.75, 3.05) is 0 Å². The summed E-state index contributed by atoms with van der Waals surface area (Å²) in [6.45, 7) is 0. The first-order valence-corrected chi connectivity index (χ1v) is 52.5. The van der Waals surface area contributed by atoms with Crippen LogP contribution in [-0.4, -0.2) is 43.6 Å². The van der Waals surface area contributed by atoms with E-state index in [2.05, 4.69) is 395 Å². The van der Waals surface area contributed by atoms with Gasteiger partial charge in [-0.2, -0.15) is 0 Å². The number of benzene rings is 19. The first kappa shape index (κ1) is 83.3. The van der Waals surface area contributed by atoms with E-state index in [1.54, 1.807) is 15.9 Å². The second-order valence-electron chi connectivity index (χ2n) is 37.5. The topological polar surface area (TPSA) is 92.1 Å². The Morgan fingerprint density at radius 1 is 0.173 bits per heavy atom. The number of thiophene rings is 3. The molecule has 0 N–H and O–H groups in total. The normalized spacial score (nSPS) is 12.1. The third-order valence-electron chi connectivity index (χ3n) is 28.6. The molecule has 0 aliphatic carbocycles. The molecule has 0 saturated carbocycles. The van der Waals surface area contributed by atoms with Crippen LogP contribution in [0.1, 0.15) is 6.85 Å². The van der Waals surface area contributed by atoms with Crippen LogP contribution in [0, 0.1) is 0 Å². The monoisotopic (exact) mass is 1970 g/mol. The van der Waals surface area contributed by atoms with E-state index in [4.69, 9.17) is 26.8 Å². The Bertz CT molecular complexity index is 10200. The van der Waals surface area contributed by atoms with Crippen molar-refractivity contribution in [1.29, 1.82) is 0 Å². The smallest absolute Gasteiger partial charge is 0.161 e. The molecule has 0 atom stereocenters. The van der Waals surface area contributed by atoms with Gasteiger partial charge in [0.15, 0.2) is 5.82 Å². The Morgan fingerprint density at radius 2 is 0.467 bits per heavy atom. The minimum absolute atomic E-state index is 0.137. The summed E-state index contributed by atoms with van der Waals surface area (Å²) in [6.07, 6.45) is 3.63. The molecule has 19 aromatic carbocycles. The van der Waals surface area contributed by atoms with E-state index in [9.17, 15) is 0 Å². The molecule has 702 valence electrons. The van der Waals surface area contributed by atoms with Gasteiger partial charge in [0.1, 0.15) is 0 Å². The predicted molar refractivity (Wildman–Crippen MR) is 633 cm³/mol. The van der Waals surface area contributed by atoms with Crippen molar-refractivity contribution in [2.24, 2.45) is 0 Å². The average molecular weight is 1970 g/mol. The fourth-order valence-corrected chi connectivity index (χ4v) is 25.0. The predicted octanol–water partition coefficient (Wildman–Crippen LogP) is 37.8. The molecule has 30 rings (SSSR count). The molecular formula is C138H87N9S3. The largest absolute Gasteiger partial charge is 0.309 e. The third kappa shape index (κ3) is 16.1. The van der Waals surface area contributed by atoms with Crippen LogP contribution in [0.25, 0.3) is 278 Å². The lowest BCUT2D eigenvalue weighted by Gasteiger charge is -2.12. The standard InChI is InChI=1S/C47H30N2S.C46H29N3S.C45H28N4S/c1-4-13-31(14-5-1)41-29-35(30-42(48-41)32-15-6-2-7-16-32)37-20-12-22-46-47(37)40-28-34(24-26-45(40)50-46)33-23-25-44-39(27-33)38-19-10-11-21-43(38)49(44)36-17-8-3-9-18-36;1-4-13-30(14-5-1)39-29-40(31-15-6-2-7-16-31)48-46(47-39)36-20-12-22-44-45(36)38-28-33(24-26-43(38)50-44)32-23-25-42-37(27-32)35-19-10-11-21-41(35)49(42)34-17-8-3-9-18-34;1-2-11-32(12-3-1)49-41-17-5-4-13-34(41)35-25-29(19-21-42(35)49)30-20-22-43-36(26-30)45-33(14-10-18-44(45)50-43)31-27-39(37-15-6-8-23-46-37)48-40(28-31)38-16-7-9-24-47-38/h1-30H;1-29H;1-28H/i;3D,8D,9D,17D,18D;. The second kappa shape index (κ2) is 37.8. The highest BCUT2D eigenvalue weighted by molar-refractivity contribution is 7.26. The van der Waals surface area contributed by atoms with Gasteiger partial charge >= 0.3 is 0 Å². The molecule has 0 radical (unpaired) electrons. The summed E-state index contributed by atoms with van der Waals surface area (Å²) in [5.41, 5.74) is 32.6. The molecule has 11 heterocycles. The number of fused-ring (bicyclic) bond motifs is 18. The molecule has 30 aromatic rings. The zero-order chi connectivity index (χ0) is 103. The summed E-state index contributed by atoms with van der Waals surface area (Å²) in [7, 11) is 0. The fraction of sp³-hybridized carbons (Fsp3) is 0. The van der Waals surface area contributed by atoms with Crippen molar-refractivity contribution in [2.45, 2.75) is 0 Å². The van der Waals surface area contributed by atoms with E-state index >= 15 is 0 Å². The van der Waals surface area contributed by atoms with Crippen LogP contribution in [0.5, 0.6) is 0 Å². The highest BCUT2D eigenvalue weighted by Crippen LogP contribution is 2.50. The Hall–Kier alpha value is -19.1. The van der Waals surface area contributed by atoms with Crippen LogP contribution in [0.2, 0.25) is 0 Å². The first-order valence-electron chi connectivity index (χ1n) is 52.6. The molecule has 0 saturated heterocycles. The number of pyridine rings is 4. The summed E-state index contributed by atoms with van der Waals surface area (Å²) in [5.74, 6) is 0.665. The van der Waals surface area contributed by atoms with E-state index in [-0.39, 0.29) is 29.9 Å². The van der Waals surface area contributed by atoms with Gasteiger partial charge in [-0.3, -0.25) is 9.97 Å². The van der Waals surface area contributed by atoms with Gasteiger partial charge in [-0.15, -0.1) is 34.0 Å². The zero-order valence-corrected chi connectivity index (χ0v) is 83.0. The maximum Gasteiger partial charge on any atom is 0.161 e. The van der Waals surface area contributed by atoms with Crippen molar-refractivity contribution in [3.05, 3.63) is 528 Å². The number of nitrogens with zero attached hydrogens (tertiary/aromatic N) is 9. The molecule has 0 amide bonds. The van der Waals surface area contributed by atoms with E-state index in [1.165, 1.54) is 134 Å². The fourth-order valence-electron chi connectivity index (χ4n) is 21.7. The molecule has 11 aromatic heterocycles. The van der Waals surface area contributed by atoms with Gasteiger partial charge in [-0.1, -0.05) is 315 Å². The highest BCUT2D eigenvalue weighted by Gasteiger charge is 2.25. The highest BCUT2D eigenvalue weighted by atomic mass is 32.1. The minimum atomic E-state index is -0.409. The Kier molecular flexibility index (Phi) is 21.0. The summed E-state index contributed by atoms with van der Waals surface area (Å²) in [4.78, 5) is 29.8. The Labute approximate surface area is 883 Å². The number of hydrogen-bond acceptors (Lipinski definition) is 9. The molecule has 0 spiro atoms. The van der Waals surface area contributed by atoms with E-state index in [0.717, 1.165) is 132 Å². The van der Waals surface area contributed by atoms with Gasteiger partial charge in [0.05, 0.1) is 85.5 Å². The Morgan fingerprint density at radius 3 is 0.833 bits per heavy atom. The van der Waals surface area contributed by atoms with Gasteiger partial charge in [-0.05, 0) is 256 Å². The SMILES string of the molecule is [2H]c1c([2H])c([2H])c(-n2c3ccccc3c3cc(-c4ccc5sc6cccc(-c7nc(-c8ccccc8)cc(-c8ccccc8)n7)c6c5c4)ccc32)c([2H])c1[2H].c1ccc(-c2cc(-c3cccc4sc5ccc(-c6ccc7c(c6)c6ccccc6n7-c6ccccc6)cc5c34)cc(-c3ccccc3)n2)cc1.c1ccc(-n2c3ccccc3c3cc(-c4ccc5sc6cccc(-c7cc(-c8ccccn8)nc(-c8ccccn8)c7)c6c5c4)ccc32)cc1. The molecule has 0 unspecified atom stereocenters. The summed E-state index contributed by atoms with van der Waals surface area (Å²) in [5, 5.41) is 14.2. The van der Waals surface area contributed by atoms with E-state index in [0.29, 0.717) is 5.82 Å². The van der Waals surface area contributed by atoms with E-state index in [1.807, 2.05) is 144 Å². The third-order valence-corrected chi connectivity index (χ3v) is 32.0. The van der Waals surface area contributed by atoms with Crippen molar-refractivity contribution in [3.8, 4) is 152 Å². The molecule has 9 nitrogen and oxygen atoms in total. The zero-order valence-electron chi connectivity index (χ0n) is 85.6. The molecule has 150 heavy (non-hydrogen) atoms. The maximum atomic E-state index is 8.76. The lowest BCUT2D eigenvalue weighted by Crippen LogP contribution is -1.96. The lowest BCUT2D eigenvalue weighted by atomic mass is 9.95. The molecule has 0 aliphatic heterocycles. The van der Waals surface area contributed by atoms with E-state index < -0.39 is 6.04 Å². The quantitative estimate of drug-likeness (QED) is 0.102. The first-order chi connectivity index (χ1) is 76.4. The second-order valence-corrected chi connectivity index (χ2v) is 40.7. The van der Waals surface area contributed by atoms with Gasteiger partial charge in [0.25, 0.3) is 0 Å².